The van der Waals surface area contributed by atoms with E-state index in [-0.39, 0.29) is 5.92 Å². The van der Waals surface area contributed by atoms with Crippen molar-refractivity contribution in [2.75, 3.05) is 20.2 Å². The van der Waals surface area contributed by atoms with Crippen molar-refractivity contribution in [2.24, 2.45) is 5.92 Å². The van der Waals surface area contributed by atoms with Gasteiger partial charge in [-0.2, -0.15) is 0 Å². The van der Waals surface area contributed by atoms with Gasteiger partial charge in [0.15, 0.2) is 5.78 Å². The van der Waals surface area contributed by atoms with E-state index in [9.17, 15) is 4.79 Å². The first-order valence-electron chi connectivity index (χ1n) is 9.10. The van der Waals surface area contributed by atoms with Crippen LogP contribution in [0.25, 0.3) is 10.8 Å². The van der Waals surface area contributed by atoms with Gasteiger partial charge >= 0.3 is 0 Å². The number of nitrogens with zero attached hydrogens (tertiary/aromatic N) is 1. The summed E-state index contributed by atoms with van der Waals surface area (Å²) in [4.78, 5) is 15.5. The third-order valence-electron chi connectivity index (χ3n) is 5.75. The van der Waals surface area contributed by atoms with Gasteiger partial charge in [0.05, 0.1) is 7.11 Å². The summed E-state index contributed by atoms with van der Waals surface area (Å²) >= 11 is 0. The number of Topliss-reactive ketones (excluding diaryl/α,β-unsaturated/α-hetero) is 1. The number of likely N-dealkylation sites (tertiary alicyclic amines) is 1. The number of carbonyl (C=O) groups is 1. The number of carbonyl (C=O) groups excluding carboxylic acids is 1. The van der Waals surface area contributed by atoms with Crippen molar-refractivity contribution >= 4 is 16.6 Å². The molecule has 1 heterocycles. The minimum Gasteiger partial charge on any atom is -0.497 e. The summed E-state index contributed by atoms with van der Waals surface area (Å²) in [6.45, 7) is 2.12. The quantitative estimate of drug-likeness (QED) is 0.786. The standard InChI is InChI=1S/C21H25NO2/c1-24-20-10-9-15-12-17(8-7-16(15)13-20)21(23)18-4-3-11-22(14-18)19-5-2-6-19/h7-10,12-13,18-19H,2-6,11,14H2,1H3. The first-order chi connectivity index (χ1) is 11.7. The molecule has 2 fully saturated rings. The second kappa shape index (κ2) is 6.56. The van der Waals surface area contributed by atoms with E-state index in [0.717, 1.165) is 47.5 Å². The molecule has 2 aromatic rings. The molecule has 1 saturated carbocycles. The summed E-state index contributed by atoms with van der Waals surface area (Å²) in [6.07, 6.45) is 6.17. The lowest BCUT2D eigenvalue weighted by Gasteiger charge is -2.42. The second-order valence-electron chi connectivity index (χ2n) is 7.21. The van der Waals surface area contributed by atoms with Gasteiger partial charge in [-0.15, -0.1) is 0 Å². The first kappa shape index (κ1) is 15.6. The Labute approximate surface area is 143 Å². The van der Waals surface area contributed by atoms with Crippen LogP contribution in [0.1, 0.15) is 42.5 Å². The van der Waals surface area contributed by atoms with Crippen LogP contribution >= 0.6 is 0 Å². The molecular formula is C21H25NO2. The summed E-state index contributed by atoms with van der Waals surface area (Å²) in [5, 5.41) is 2.22. The number of methoxy groups -OCH3 is 1. The number of piperidine rings is 1. The molecule has 0 bridgehead atoms. The molecule has 24 heavy (non-hydrogen) atoms. The minimum absolute atomic E-state index is 0.162. The van der Waals surface area contributed by atoms with E-state index in [1.54, 1.807) is 7.11 Å². The minimum atomic E-state index is 0.162. The lowest BCUT2D eigenvalue weighted by molar-refractivity contribution is 0.0612. The lowest BCUT2D eigenvalue weighted by atomic mass is 9.85. The molecule has 0 aromatic heterocycles. The number of benzene rings is 2. The average Bonchev–Trinajstić information content (AvgIpc) is 2.59. The van der Waals surface area contributed by atoms with E-state index < -0.39 is 0 Å². The molecule has 3 heteroatoms. The molecular weight excluding hydrogens is 298 g/mol. The molecule has 0 amide bonds. The Morgan fingerprint density at radius 2 is 1.83 bits per heavy atom. The topological polar surface area (TPSA) is 29.5 Å². The van der Waals surface area contributed by atoms with Gasteiger partial charge in [-0.05, 0) is 61.2 Å². The lowest BCUT2D eigenvalue weighted by Crippen LogP contribution is -2.47. The molecule has 1 atom stereocenters. The summed E-state index contributed by atoms with van der Waals surface area (Å²) < 4.78 is 5.27. The number of ether oxygens (including phenoxy) is 1. The van der Waals surface area contributed by atoms with Crippen molar-refractivity contribution in [1.29, 1.82) is 0 Å². The van der Waals surface area contributed by atoms with Crippen molar-refractivity contribution in [2.45, 2.75) is 38.1 Å². The Kier molecular flexibility index (Phi) is 4.28. The molecule has 126 valence electrons. The fourth-order valence-electron chi connectivity index (χ4n) is 4.04. The predicted molar refractivity (Wildman–Crippen MR) is 96.8 cm³/mol. The number of rotatable bonds is 4. The molecule has 0 radical (unpaired) electrons. The van der Waals surface area contributed by atoms with Crippen molar-refractivity contribution in [3.8, 4) is 5.75 Å². The highest BCUT2D eigenvalue weighted by Crippen LogP contribution is 2.31. The molecule has 1 aliphatic heterocycles. The zero-order valence-electron chi connectivity index (χ0n) is 14.3. The maximum absolute atomic E-state index is 13.0. The SMILES string of the molecule is COc1ccc2cc(C(=O)C3CCCN(C4CCC4)C3)ccc2c1. The van der Waals surface area contributed by atoms with Gasteiger partial charge in [0.2, 0.25) is 0 Å². The van der Waals surface area contributed by atoms with Crippen LogP contribution in [-0.4, -0.2) is 36.9 Å². The third-order valence-corrected chi connectivity index (χ3v) is 5.75. The van der Waals surface area contributed by atoms with Crippen LogP contribution < -0.4 is 4.74 Å². The number of hydrogen-bond acceptors (Lipinski definition) is 3. The number of hydrogen-bond donors (Lipinski definition) is 0. The zero-order valence-corrected chi connectivity index (χ0v) is 14.3. The Balaban J connectivity index is 1.53. The van der Waals surface area contributed by atoms with Gasteiger partial charge in [0.1, 0.15) is 5.75 Å². The second-order valence-corrected chi connectivity index (χ2v) is 7.21. The Morgan fingerprint density at radius 3 is 2.58 bits per heavy atom. The highest BCUT2D eigenvalue weighted by atomic mass is 16.5. The van der Waals surface area contributed by atoms with E-state index in [1.165, 1.54) is 25.8 Å². The van der Waals surface area contributed by atoms with E-state index in [2.05, 4.69) is 4.90 Å². The van der Waals surface area contributed by atoms with Crippen LogP contribution in [0.4, 0.5) is 0 Å². The molecule has 0 N–H and O–H groups in total. The van der Waals surface area contributed by atoms with Gasteiger partial charge in [-0.25, -0.2) is 0 Å². The van der Waals surface area contributed by atoms with Gasteiger partial charge in [0, 0.05) is 24.1 Å². The maximum Gasteiger partial charge on any atom is 0.167 e. The fourth-order valence-corrected chi connectivity index (χ4v) is 4.04. The summed E-state index contributed by atoms with van der Waals surface area (Å²) in [6, 6.07) is 12.8. The number of fused-ring (bicyclic) bond motifs is 1. The Bertz CT molecular complexity index is 751. The van der Waals surface area contributed by atoms with E-state index in [1.807, 2.05) is 36.4 Å². The summed E-state index contributed by atoms with van der Waals surface area (Å²) in [7, 11) is 1.68. The Hall–Kier alpha value is -1.87. The van der Waals surface area contributed by atoms with Crippen molar-refractivity contribution in [3.05, 3.63) is 42.0 Å². The maximum atomic E-state index is 13.0. The monoisotopic (exact) mass is 323 g/mol. The fraction of sp³-hybridized carbons (Fsp3) is 0.476. The van der Waals surface area contributed by atoms with Crippen molar-refractivity contribution < 1.29 is 9.53 Å². The predicted octanol–water partition coefficient (Wildman–Crippen LogP) is 4.30. The van der Waals surface area contributed by atoms with Gasteiger partial charge < -0.3 is 4.74 Å². The molecule has 0 spiro atoms. The van der Waals surface area contributed by atoms with Crippen LogP contribution in [-0.2, 0) is 0 Å². The van der Waals surface area contributed by atoms with Gasteiger partial charge in [0.25, 0.3) is 0 Å². The van der Waals surface area contributed by atoms with Crippen LogP contribution in [0.2, 0.25) is 0 Å². The van der Waals surface area contributed by atoms with E-state index in [4.69, 9.17) is 4.74 Å². The molecule has 3 nitrogen and oxygen atoms in total. The molecule has 1 unspecified atom stereocenters. The molecule has 1 saturated heterocycles. The summed E-state index contributed by atoms with van der Waals surface area (Å²) in [5.74, 6) is 1.33. The average molecular weight is 323 g/mol. The van der Waals surface area contributed by atoms with Crippen LogP contribution in [0.15, 0.2) is 36.4 Å². The normalized spacial score (nSPS) is 22.3. The van der Waals surface area contributed by atoms with E-state index >= 15 is 0 Å². The largest absolute Gasteiger partial charge is 0.497 e. The highest BCUT2D eigenvalue weighted by Gasteiger charge is 2.32. The van der Waals surface area contributed by atoms with Crippen molar-refractivity contribution in [1.82, 2.24) is 4.90 Å². The van der Waals surface area contributed by atoms with Crippen LogP contribution in [0, 0.1) is 5.92 Å². The van der Waals surface area contributed by atoms with Crippen molar-refractivity contribution in [3.63, 3.8) is 0 Å². The third kappa shape index (κ3) is 2.93. The summed E-state index contributed by atoms with van der Waals surface area (Å²) in [5.41, 5.74) is 0.855. The van der Waals surface area contributed by atoms with Crippen LogP contribution in [0.5, 0.6) is 5.75 Å². The van der Waals surface area contributed by atoms with Gasteiger partial charge in [-0.3, -0.25) is 9.69 Å². The van der Waals surface area contributed by atoms with Crippen LogP contribution in [0.3, 0.4) is 0 Å². The molecule has 2 aliphatic rings. The van der Waals surface area contributed by atoms with E-state index in [0.29, 0.717) is 5.78 Å². The first-order valence-corrected chi connectivity index (χ1v) is 9.10. The molecule has 2 aromatic carbocycles. The smallest absolute Gasteiger partial charge is 0.167 e. The molecule has 1 aliphatic carbocycles. The number of ketones is 1. The zero-order chi connectivity index (χ0) is 16.5. The Morgan fingerprint density at radius 1 is 1.04 bits per heavy atom. The highest BCUT2D eigenvalue weighted by molar-refractivity contribution is 6.01. The van der Waals surface area contributed by atoms with Gasteiger partial charge in [-0.1, -0.05) is 24.6 Å². The molecule has 4 rings (SSSR count).